The van der Waals surface area contributed by atoms with E-state index in [0.29, 0.717) is 6.79 Å². The molecule has 0 aliphatic carbocycles. The molecular formula is C16H23NO3. The van der Waals surface area contributed by atoms with Gasteiger partial charge in [-0.3, -0.25) is 4.79 Å². The molecule has 0 saturated carbocycles. The number of benzene rings is 1. The summed E-state index contributed by atoms with van der Waals surface area (Å²) in [6.45, 7) is 9.03. The zero-order valence-corrected chi connectivity index (χ0v) is 12.7. The lowest BCUT2D eigenvalue weighted by molar-refractivity contribution is -0.136. The van der Waals surface area contributed by atoms with Crippen molar-refractivity contribution < 1.29 is 14.3 Å². The largest absolute Gasteiger partial charge is 0.454 e. The first-order chi connectivity index (χ1) is 9.52. The van der Waals surface area contributed by atoms with Crippen molar-refractivity contribution in [1.29, 1.82) is 0 Å². The molecule has 1 aromatic carbocycles. The molecule has 0 fully saturated rings. The molecule has 1 heterocycles. The number of rotatable bonds is 5. The van der Waals surface area contributed by atoms with Crippen LogP contribution in [0.4, 0.5) is 0 Å². The molecule has 0 bridgehead atoms. The summed E-state index contributed by atoms with van der Waals surface area (Å²) in [5.41, 5.74) is 1.16. The third-order valence-corrected chi connectivity index (χ3v) is 3.62. The van der Waals surface area contributed by atoms with Gasteiger partial charge < -0.3 is 14.4 Å². The Hall–Kier alpha value is -1.71. The van der Waals surface area contributed by atoms with Crippen molar-refractivity contribution >= 4 is 5.91 Å². The molecular weight excluding hydrogens is 254 g/mol. The van der Waals surface area contributed by atoms with E-state index in [9.17, 15) is 4.79 Å². The van der Waals surface area contributed by atoms with E-state index in [-0.39, 0.29) is 17.9 Å². The van der Waals surface area contributed by atoms with Crippen LogP contribution in [-0.4, -0.2) is 30.2 Å². The van der Waals surface area contributed by atoms with Crippen molar-refractivity contribution in [2.75, 3.05) is 13.3 Å². The summed E-state index contributed by atoms with van der Waals surface area (Å²) in [7, 11) is 0. The van der Waals surface area contributed by atoms with Gasteiger partial charge in [-0.2, -0.15) is 0 Å². The molecule has 1 aromatic rings. The van der Waals surface area contributed by atoms with Crippen molar-refractivity contribution in [3.63, 3.8) is 0 Å². The number of hydrogen-bond acceptors (Lipinski definition) is 3. The number of ether oxygens (including phenoxy) is 2. The number of likely N-dealkylation sites (N-methyl/N-ethyl adjacent to an activating group) is 1. The number of carbonyl (C=O) groups is 1. The summed E-state index contributed by atoms with van der Waals surface area (Å²) in [6, 6.07) is 6.16. The molecule has 1 unspecified atom stereocenters. The van der Waals surface area contributed by atoms with Gasteiger partial charge in [0.25, 0.3) is 0 Å². The van der Waals surface area contributed by atoms with E-state index < -0.39 is 0 Å². The van der Waals surface area contributed by atoms with Crippen LogP contribution in [0.5, 0.6) is 11.5 Å². The first-order valence-electron chi connectivity index (χ1n) is 7.22. The van der Waals surface area contributed by atoms with Crippen LogP contribution in [0.1, 0.15) is 33.3 Å². The number of nitrogens with zero attached hydrogens (tertiary/aromatic N) is 1. The lowest BCUT2D eigenvalue weighted by Gasteiger charge is -2.29. The van der Waals surface area contributed by atoms with E-state index in [1.165, 1.54) is 0 Å². The summed E-state index contributed by atoms with van der Waals surface area (Å²) in [5.74, 6) is 1.84. The fourth-order valence-corrected chi connectivity index (χ4v) is 2.54. The van der Waals surface area contributed by atoms with Crippen LogP contribution in [0, 0.1) is 5.92 Å². The lowest BCUT2D eigenvalue weighted by atomic mass is 10.0. The zero-order valence-electron chi connectivity index (χ0n) is 12.7. The molecule has 2 rings (SSSR count). The van der Waals surface area contributed by atoms with Gasteiger partial charge >= 0.3 is 0 Å². The Labute approximate surface area is 120 Å². The summed E-state index contributed by atoms with van der Waals surface area (Å²) in [6.07, 6.45) is 0.822. The van der Waals surface area contributed by atoms with E-state index in [1.54, 1.807) is 0 Å². The molecule has 4 heteroatoms. The monoisotopic (exact) mass is 277 g/mol. The van der Waals surface area contributed by atoms with Gasteiger partial charge in [-0.05, 0) is 38.0 Å². The van der Waals surface area contributed by atoms with Crippen molar-refractivity contribution in [3.8, 4) is 11.5 Å². The number of fused-ring (bicyclic) bond motifs is 1. The van der Waals surface area contributed by atoms with Crippen molar-refractivity contribution in [2.24, 2.45) is 5.92 Å². The predicted octanol–water partition coefficient (Wildman–Crippen LogP) is 2.85. The Bertz CT molecular complexity index is 485. The van der Waals surface area contributed by atoms with Crippen LogP contribution in [0.25, 0.3) is 0 Å². The summed E-state index contributed by atoms with van der Waals surface area (Å²) in [4.78, 5) is 14.1. The predicted molar refractivity (Wildman–Crippen MR) is 78.0 cm³/mol. The maximum atomic E-state index is 12.2. The van der Waals surface area contributed by atoms with Crippen LogP contribution < -0.4 is 9.47 Å². The van der Waals surface area contributed by atoms with Crippen molar-refractivity contribution in [2.45, 2.75) is 40.2 Å². The van der Waals surface area contributed by atoms with Gasteiger partial charge in [-0.15, -0.1) is 0 Å². The smallest absolute Gasteiger partial charge is 0.231 e. The highest BCUT2D eigenvalue weighted by Crippen LogP contribution is 2.33. The molecule has 20 heavy (non-hydrogen) atoms. The van der Waals surface area contributed by atoms with Gasteiger partial charge in [0.1, 0.15) is 0 Å². The minimum atomic E-state index is 0.0363. The Balaban J connectivity index is 2.06. The second kappa shape index (κ2) is 6.16. The van der Waals surface area contributed by atoms with Crippen molar-refractivity contribution in [3.05, 3.63) is 23.8 Å². The summed E-state index contributed by atoms with van der Waals surface area (Å²) in [5, 5.41) is 0. The number of hydrogen-bond donors (Lipinski definition) is 0. The molecule has 0 saturated heterocycles. The Morgan fingerprint density at radius 2 is 1.95 bits per heavy atom. The topological polar surface area (TPSA) is 38.8 Å². The number of amides is 1. The van der Waals surface area contributed by atoms with Crippen LogP contribution in [-0.2, 0) is 11.2 Å². The Morgan fingerprint density at radius 3 is 2.60 bits per heavy atom. The third kappa shape index (κ3) is 3.06. The fourth-order valence-electron chi connectivity index (χ4n) is 2.54. The van der Waals surface area contributed by atoms with E-state index in [0.717, 1.165) is 30.0 Å². The molecule has 4 nitrogen and oxygen atoms in total. The summed E-state index contributed by atoms with van der Waals surface area (Å²) >= 11 is 0. The van der Waals surface area contributed by atoms with Gasteiger partial charge in [-0.25, -0.2) is 0 Å². The molecule has 1 aliphatic rings. The van der Waals surface area contributed by atoms with E-state index in [1.807, 2.05) is 43.9 Å². The second-order valence-electron chi connectivity index (χ2n) is 5.52. The SMILES string of the molecule is CCN(C(=O)C(C)C)C(C)Cc1ccc2c(c1)OCO2. The molecule has 1 amide bonds. The fraction of sp³-hybridized carbons (Fsp3) is 0.562. The standard InChI is InChI=1S/C16H23NO3/c1-5-17(16(18)11(2)3)12(4)8-13-6-7-14-15(9-13)20-10-19-14/h6-7,9,11-12H,5,8,10H2,1-4H3. The van der Waals surface area contributed by atoms with Gasteiger partial charge in [0.05, 0.1) is 0 Å². The average Bonchev–Trinajstić information content (AvgIpc) is 2.86. The first kappa shape index (κ1) is 14.7. The maximum Gasteiger partial charge on any atom is 0.231 e. The molecule has 0 spiro atoms. The highest BCUT2D eigenvalue weighted by molar-refractivity contribution is 5.78. The normalized spacial score (nSPS) is 14.4. The molecule has 0 radical (unpaired) electrons. The van der Waals surface area contributed by atoms with Gasteiger partial charge in [-0.1, -0.05) is 19.9 Å². The second-order valence-corrected chi connectivity index (χ2v) is 5.52. The Morgan fingerprint density at radius 1 is 1.25 bits per heavy atom. The third-order valence-electron chi connectivity index (χ3n) is 3.62. The van der Waals surface area contributed by atoms with Crippen LogP contribution in [0.2, 0.25) is 0 Å². The molecule has 1 aliphatic heterocycles. The van der Waals surface area contributed by atoms with E-state index in [2.05, 4.69) is 6.92 Å². The van der Waals surface area contributed by atoms with E-state index in [4.69, 9.17) is 9.47 Å². The molecule has 110 valence electrons. The highest BCUT2D eigenvalue weighted by atomic mass is 16.7. The van der Waals surface area contributed by atoms with Crippen molar-refractivity contribution in [1.82, 2.24) is 4.90 Å². The Kier molecular flexibility index (Phi) is 4.53. The van der Waals surface area contributed by atoms with Gasteiger partial charge in [0.15, 0.2) is 11.5 Å². The lowest BCUT2D eigenvalue weighted by Crippen LogP contribution is -2.41. The molecule has 1 atom stereocenters. The first-order valence-corrected chi connectivity index (χ1v) is 7.22. The summed E-state index contributed by atoms with van der Waals surface area (Å²) < 4.78 is 10.7. The number of carbonyl (C=O) groups excluding carboxylic acids is 1. The van der Waals surface area contributed by atoms with Gasteiger partial charge in [0.2, 0.25) is 12.7 Å². The minimum Gasteiger partial charge on any atom is -0.454 e. The quantitative estimate of drug-likeness (QED) is 0.830. The molecule has 0 N–H and O–H groups in total. The van der Waals surface area contributed by atoms with Crippen LogP contribution in [0.3, 0.4) is 0 Å². The maximum absolute atomic E-state index is 12.2. The zero-order chi connectivity index (χ0) is 14.7. The van der Waals surface area contributed by atoms with Gasteiger partial charge in [0, 0.05) is 18.5 Å². The highest BCUT2D eigenvalue weighted by Gasteiger charge is 2.22. The average molecular weight is 277 g/mol. The van der Waals surface area contributed by atoms with E-state index >= 15 is 0 Å². The molecule has 0 aromatic heterocycles. The minimum absolute atomic E-state index is 0.0363. The van der Waals surface area contributed by atoms with Crippen LogP contribution >= 0.6 is 0 Å². The van der Waals surface area contributed by atoms with Crippen LogP contribution in [0.15, 0.2) is 18.2 Å².